The first kappa shape index (κ1) is 14.1. The van der Waals surface area contributed by atoms with Gasteiger partial charge in [-0.25, -0.2) is 0 Å². The van der Waals surface area contributed by atoms with E-state index in [-0.39, 0.29) is 17.0 Å². The van der Waals surface area contributed by atoms with Gasteiger partial charge < -0.3 is 14.6 Å². The molecule has 1 aromatic heterocycles. The first-order chi connectivity index (χ1) is 8.24. The van der Waals surface area contributed by atoms with Crippen molar-refractivity contribution in [3.63, 3.8) is 0 Å². The Balaban J connectivity index is 3.22. The second kappa shape index (κ2) is 5.11. The fourth-order valence-corrected chi connectivity index (χ4v) is 1.32. The molecular formula is C10H10F3NO4. The number of pyridine rings is 1. The Morgan fingerprint density at radius 3 is 2.56 bits per heavy atom. The molecule has 1 aromatic rings. The molecule has 18 heavy (non-hydrogen) atoms. The van der Waals surface area contributed by atoms with E-state index >= 15 is 0 Å². The summed E-state index contributed by atoms with van der Waals surface area (Å²) in [5, 5.41) is 8.61. The first-order valence-corrected chi connectivity index (χ1v) is 4.74. The van der Waals surface area contributed by atoms with E-state index in [2.05, 4.69) is 9.72 Å². The summed E-state index contributed by atoms with van der Waals surface area (Å²) in [6.07, 6.45) is -4.39. The van der Waals surface area contributed by atoms with E-state index in [4.69, 9.17) is 9.84 Å². The van der Waals surface area contributed by atoms with Gasteiger partial charge in [0.2, 0.25) is 0 Å². The Morgan fingerprint density at radius 1 is 1.50 bits per heavy atom. The maximum Gasteiger partial charge on any atom is 0.573 e. The van der Waals surface area contributed by atoms with Crippen LogP contribution in [0.5, 0.6) is 11.5 Å². The molecule has 0 bridgehead atoms. The van der Waals surface area contributed by atoms with Crippen LogP contribution in [0.3, 0.4) is 0 Å². The van der Waals surface area contributed by atoms with Gasteiger partial charge in [0.1, 0.15) is 0 Å². The number of hydrogen-bond acceptors (Lipinski definition) is 4. The predicted octanol–water partition coefficient (Wildman–Crippen LogP) is 1.92. The number of nitrogens with zero attached hydrogens (tertiary/aromatic N) is 1. The molecule has 0 aliphatic rings. The van der Waals surface area contributed by atoms with Crippen molar-refractivity contribution in [2.45, 2.75) is 19.7 Å². The highest BCUT2D eigenvalue weighted by Gasteiger charge is 2.34. The molecular weight excluding hydrogens is 255 g/mol. The van der Waals surface area contributed by atoms with Crippen molar-refractivity contribution in [2.24, 2.45) is 0 Å². The highest BCUT2D eigenvalue weighted by Crippen LogP contribution is 2.35. The van der Waals surface area contributed by atoms with Gasteiger partial charge in [0.25, 0.3) is 0 Å². The van der Waals surface area contributed by atoms with Crippen LogP contribution in [0.25, 0.3) is 0 Å². The Morgan fingerprint density at radius 2 is 2.11 bits per heavy atom. The maximum atomic E-state index is 12.2. The number of aromatic nitrogens is 1. The van der Waals surface area contributed by atoms with Crippen molar-refractivity contribution in [1.29, 1.82) is 0 Å². The number of carbonyl (C=O) groups is 1. The standard InChI is InChI=1S/C10H10F3NO4/c1-5-6(3-8(15)16)14-4-7(17-2)9(5)18-10(11,12)13/h4H,3H2,1-2H3,(H,15,16). The second-order valence-electron chi connectivity index (χ2n) is 3.35. The van der Waals surface area contributed by atoms with E-state index in [0.29, 0.717) is 0 Å². The van der Waals surface area contributed by atoms with E-state index in [1.807, 2.05) is 0 Å². The monoisotopic (exact) mass is 265 g/mol. The molecule has 5 nitrogen and oxygen atoms in total. The number of hydrogen-bond donors (Lipinski definition) is 1. The average Bonchev–Trinajstić information content (AvgIpc) is 2.22. The second-order valence-corrected chi connectivity index (χ2v) is 3.35. The highest BCUT2D eigenvalue weighted by atomic mass is 19.4. The van der Waals surface area contributed by atoms with Crippen LogP contribution in [0.2, 0.25) is 0 Å². The summed E-state index contributed by atoms with van der Waals surface area (Å²) in [5.74, 6) is -1.98. The van der Waals surface area contributed by atoms with Crippen molar-refractivity contribution in [2.75, 3.05) is 7.11 Å². The number of carboxylic acids is 1. The zero-order chi connectivity index (χ0) is 13.9. The van der Waals surface area contributed by atoms with E-state index in [0.717, 1.165) is 13.3 Å². The van der Waals surface area contributed by atoms with Gasteiger partial charge in [-0.1, -0.05) is 0 Å². The Kier molecular flexibility index (Phi) is 4.00. The molecule has 0 aliphatic carbocycles. The molecule has 0 aliphatic heterocycles. The third kappa shape index (κ3) is 3.51. The molecule has 0 spiro atoms. The maximum absolute atomic E-state index is 12.2. The lowest BCUT2D eigenvalue weighted by molar-refractivity contribution is -0.275. The molecule has 8 heteroatoms. The van der Waals surface area contributed by atoms with Gasteiger partial charge in [-0.15, -0.1) is 13.2 Å². The van der Waals surface area contributed by atoms with Crippen LogP contribution in [-0.4, -0.2) is 29.5 Å². The minimum atomic E-state index is -4.89. The van der Waals surface area contributed by atoms with Crippen LogP contribution in [0, 0.1) is 6.92 Å². The van der Waals surface area contributed by atoms with Crippen LogP contribution < -0.4 is 9.47 Å². The van der Waals surface area contributed by atoms with E-state index < -0.39 is 24.5 Å². The van der Waals surface area contributed by atoms with Crippen molar-refractivity contribution in [1.82, 2.24) is 4.98 Å². The first-order valence-electron chi connectivity index (χ1n) is 4.74. The van der Waals surface area contributed by atoms with E-state index in [1.54, 1.807) is 0 Å². The molecule has 100 valence electrons. The molecule has 0 radical (unpaired) electrons. The normalized spacial score (nSPS) is 11.2. The fourth-order valence-electron chi connectivity index (χ4n) is 1.32. The minimum Gasteiger partial charge on any atom is -0.491 e. The number of halogens is 3. The molecule has 0 saturated heterocycles. The van der Waals surface area contributed by atoms with Gasteiger partial charge in [0.15, 0.2) is 11.5 Å². The van der Waals surface area contributed by atoms with Crippen molar-refractivity contribution < 1.29 is 32.5 Å². The van der Waals surface area contributed by atoms with E-state index in [1.165, 1.54) is 6.92 Å². The van der Waals surface area contributed by atoms with E-state index in [9.17, 15) is 18.0 Å². The van der Waals surface area contributed by atoms with Crippen LogP contribution in [0.15, 0.2) is 6.20 Å². The molecule has 0 amide bonds. The molecule has 1 rings (SSSR count). The Hall–Kier alpha value is -1.99. The summed E-state index contributed by atoms with van der Waals surface area (Å²) in [4.78, 5) is 14.3. The van der Waals surface area contributed by atoms with Crippen molar-refractivity contribution in [3.8, 4) is 11.5 Å². The fraction of sp³-hybridized carbons (Fsp3) is 0.400. The molecule has 0 fully saturated rings. The Labute approximate surface area is 100 Å². The number of ether oxygens (including phenoxy) is 2. The molecule has 0 atom stereocenters. The third-order valence-electron chi connectivity index (χ3n) is 2.09. The number of methoxy groups -OCH3 is 1. The topological polar surface area (TPSA) is 68.7 Å². The lowest BCUT2D eigenvalue weighted by Gasteiger charge is -2.16. The lowest BCUT2D eigenvalue weighted by Crippen LogP contribution is -2.19. The van der Waals surface area contributed by atoms with Gasteiger partial charge in [0.05, 0.1) is 25.4 Å². The average molecular weight is 265 g/mol. The van der Waals surface area contributed by atoms with Crippen molar-refractivity contribution in [3.05, 3.63) is 17.5 Å². The van der Waals surface area contributed by atoms with Crippen molar-refractivity contribution >= 4 is 5.97 Å². The molecule has 0 saturated carbocycles. The quantitative estimate of drug-likeness (QED) is 0.900. The predicted molar refractivity (Wildman–Crippen MR) is 53.5 cm³/mol. The largest absolute Gasteiger partial charge is 0.573 e. The van der Waals surface area contributed by atoms with Gasteiger partial charge >= 0.3 is 12.3 Å². The number of rotatable bonds is 4. The molecule has 0 aromatic carbocycles. The number of alkyl halides is 3. The van der Waals surface area contributed by atoms with Crippen LogP contribution in [-0.2, 0) is 11.2 Å². The van der Waals surface area contributed by atoms with Crippen LogP contribution >= 0.6 is 0 Å². The smallest absolute Gasteiger partial charge is 0.491 e. The van der Waals surface area contributed by atoms with Gasteiger partial charge in [0, 0.05) is 5.56 Å². The summed E-state index contributed by atoms with van der Waals surface area (Å²) in [7, 11) is 1.16. The summed E-state index contributed by atoms with van der Waals surface area (Å²) in [5.41, 5.74) is -0.0309. The van der Waals surface area contributed by atoms with Crippen LogP contribution in [0.4, 0.5) is 13.2 Å². The summed E-state index contributed by atoms with van der Waals surface area (Å²) >= 11 is 0. The van der Waals surface area contributed by atoms with Crippen LogP contribution in [0.1, 0.15) is 11.3 Å². The number of aliphatic carboxylic acids is 1. The minimum absolute atomic E-state index is 0.0115. The van der Waals surface area contributed by atoms with Gasteiger partial charge in [-0.3, -0.25) is 9.78 Å². The van der Waals surface area contributed by atoms with Gasteiger partial charge in [-0.2, -0.15) is 0 Å². The van der Waals surface area contributed by atoms with Gasteiger partial charge in [-0.05, 0) is 6.92 Å². The summed E-state index contributed by atoms with van der Waals surface area (Å²) in [6, 6.07) is 0. The molecule has 1 N–H and O–H groups in total. The molecule has 0 unspecified atom stereocenters. The zero-order valence-electron chi connectivity index (χ0n) is 9.54. The third-order valence-corrected chi connectivity index (χ3v) is 2.09. The Bertz CT molecular complexity index is 459. The summed E-state index contributed by atoms with van der Waals surface area (Å²) < 4.78 is 45.2. The highest BCUT2D eigenvalue weighted by molar-refractivity contribution is 5.70. The lowest BCUT2D eigenvalue weighted by atomic mass is 10.1. The zero-order valence-corrected chi connectivity index (χ0v) is 9.54. The summed E-state index contributed by atoms with van der Waals surface area (Å²) in [6.45, 7) is 1.29. The number of carboxylic acid groups (broad SMARTS) is 1. The molecule has 1 heterocycles. The SMILES string of the molecule is COc1cnc(CC(=O)O)c(C)c1OC(F)(F)F.